The molecule has 1 fully saturated rings. The third-order valence-corrected chi connectivity index (χ3v) is 4.20. The van der Waals surface area contributed by atoms with Crippen LogP contribution in [0.5, 0.6) is 0 Å². The zero-order chi connectivity index (χ0) is 13.6. The lowest BCUT2D eigenvalue weighted by atomic mass is 9.84. The predicted octanol–water partition coefficient (Wildman–Crippen LogP) is 1.83. The summed E-state index contributed by atoms with van der Waals surface area (Å²) in [6.45, 7) is 2.09. The summed E-state index contributed by atoms with van der Waals surface area (Å²) in [5.74, 6) is -0.0835. The fraction of sp³-hybridized carbons (Fsp3) is 0.467. The van der Waals surface area contributed by atoms with Crippen molar-refractivity contribution in [3.8, 4) is 0 Å². The van der Waals surface area contributed by atoms with Crippen molar-refractivity contribution in [1.82, 2.24) is 4.90 Å². The molecule has 3 atom stereocenters. The normalized spacial score (nSPS) is 30.6. The van der Waals surface area contributed by atoms with E-state index in [9.17, 15) is 14.7 Å². The number of hydrogen-bond donors (Lipinski definition) is 1. The molecule has 1 heterocycles. The highest BCUT2D eigenvalue weighted by Crippen LogP contribution is 2.33. The van der Waals surface area contributed by atoms with Crippen molar-refractivity contribution in [3.05, 3.63) is 35.4 Å². The van der Waals surface area contributed by atoms with Crippen LogP contribution in [0.3, 0.4) is 0 Å². The number of benzene rings is 1. The van der Waals surface area contributed by atoms with E-state index < -0.39 is 6.10 Å². The van der Waals surface area contributed by atoms with Crippen LogP contribution in [0.2, 0.25) is 0 Å². The van der Waals surface area contributed by atoms with E-state index in [-0.39, 0.29) is 17.9 Å². The van der Waals surface area contributed by atoms with Gasteiger partial charge in [0.1, 0.15) is 0 Å². The quantitative estimate of drug-likeness (QED) is 0.783. The van der Waals surface area contributed by atoms with Gasteiger partial charge in [0.25, 0.3) is 11.8 Å². The van der Waals surface area contributed by atoms with E-state index in [1.807, 2.05) is 0 Å². The van der Waals surface area contributed by atoms with Crippen molar-refractivity contribution in [3.63, 3.8) is 0 Å². The molecule has 0 saturated heterocycles. The van der Waals surface area contributed by atoms with Gasteiger partial charge in [-0.05, 0) is 37.3 Å². The van der Waals surface area contributed by atoms with Crippen molar-refractivity contribution in [1.29, 1.82) is 0 Å². The van der Waals surface area contributed by atoms with Gasteiger partial charge in [0.05, 0.1) is 23.3 Å². The predicted molar refractivity (Wildman–Crippen MR) is 69.8 cm³/mol. The van der Waals surface area contributed by atoms with Gasteiger partial charge in [0.2, 0.25) is 0 Å². The molecular formula is C15H17NO3. The second kappa shape index (κ2) is 4.46. The Kier molecular flexibility index (Phi) is 2.90. The monoisotopic (exact) mass is 259 g/mol. The molecular weight excluding hydrogens is 242 g/mol. The fourth-order valence-electron chi connectivity index (χ4n) is 3.15. The summed E-state index contributed by atoms with van der Waals surface area (Å²) in [5, 5.41) is 10.2. The lowest BCUT2D eigenvalue weighted by molar-refractivity contribution is 0.0111. The first-order chi connectivity index (χ1) is 9.09. The van der Waals surface area contributed by atoms with Crippen LogP contribution in [-0.2, 0) is 0 Å². The Morgan fingerprint density at radius 2 is 1.68 bits per heavy atom. The average Bonchev–Trinajstić information content (AvgIpc) is 2.64. The first-order valence-electron chi connectivity index (χ1n) is 6.74. The maximum atomic E-state index is 12.3. The SMILES string of the molecule is CC1CC[C@@H](N2C(=O)c3ccccc3C2=O)C(O)C1. The molecule has 1 aromatic carbocycles. The van der Waals surface area contributed by atoms with E-state index in [2.05, 4.69) is 6.92 Å². The summed E-state index contributed by atoms with van der Waals surface area (Å²) in [6, 6.07) is 6.49. The lowest BCUT2D eigenvalue weighted by Crippen LogP contribution is -2.49. The molecule has 2 aliphatic rings. The van der Waals surface area contributed by atoms with Crippen LogP contribution in [-0.4, -0.2) is 34.0 Å². The third kappa shape index (κ3) is 1.87. The number of amides is 2. The third-order valence-electron chi connectivity index (χ3n) is 4.20. The number of rotatable bonds is 1. The number of nitrogens with zero attached hydrogens (tertiary/aromatic N) is 1. The van der Waals surface area contributed by atoms with Crippen molar-refractivity contribution < 1.29 is 14.7 Å². The van der Waals surface area contributed by atoms with Crippen LogP contribution in [0.25, 0.3) is 0 Å². The number of aliphatic hydroxyl groups excluding tert-OH is 1. The number of carbonyl (C=O) groups is 2. The number of aliphatic hydroxyl groups is 1. The first-order valence-corrected chi connectivity index (χ1v) is 6.74. The number of imide groups is 1. The smallest absolute Gasteiger partial charge is 0.261 e. The summed E-state index contributed by atoms with van der Waals surface area (Å²) in [6.07, 6.45) is 1.67. The van der Waals surface area contributed by atoms with E-state index in [0.717, 1.165) is 6.42 Å². The molecule has 0 bridgehead atoms. The van der Waals surface area contributed by atoms with Gasteiger partial charge in [-0.15, -0.1) is 0 Å². The van der Waals surface area contributed by atoms with Crippen LogP contribution in [0, 0.1) is 5.92 Å². The van der Waals surface area contributed by atoms with Gasteiger partial charge in [0, 0.05) is 0 Å². The van der Waals surface area contributed by atoms with E-state index in [4.69, 9.17) is 0 Å². The standard InChI is InChI=1S/C15H17NO3/c1-9-6-7-12(13(17)8-9)16-14(18)10-4-2-3-5-11(10)15(16)19/h2-5,9,12-13,17H,6-8H2,1H3/t9?,12-,13?/m1/s1. The summed E-state index contributed by atoms with van der Waals surface area (Å²) in [7, 11) is 0. The molecule has 4 heteroatoms. The van der Waals surface area contributed by atoms with Crippen LogP contribution in [0.15, 0.2) is 24.3 Å². The molecule has 19 heavy (non-hydrogen) atoms. The molecule has 0 spiro atoms. The number of fused-ring (bicyclic) bond motifs is 1. The molecule has 2 amide bonds. The summed E-state index contributed by atoms with van der Waals surface area (Å²) in [4.78, 5) is 25.9. The van der Waals surface area contributed by atoms with Gasteiger partial charge in [-0.1, -0.05) is 19.1 Å². The van der Waals surface area contributed by atoms with E-state index in [1.165, 1.54) is 4.90 Å². The largest absolute Gasteiger partial charge is 0.391 e. The van der Waals surface area contributed by atoms with Gasteiger partial charge in [-0.25, -0.2) is 0 Å². The minimum atomic E-state index is -0.606. The maximum absolute atomic E-state index is 12.3. The molecule has 1 saturated carbocycles. The highest BCUT2D eigenvalue weighted by atomic mass is 16.3. The van der Waals surface area contributed by atoms with Gasteiger partial charge < -0.3 is 5.11 Å². The van der Waals surface area contributed by atoms with Crippen LogP contribution >= 0.6 is 0 Å². The highest BCUT2D eigenvalue weighted by molar-refractivity contribution is 6.21. The molecule has 1 aromatic rings. The zero-order valence-electron chi connectivity index (χ0n) is 10.9. The molecule has 1 N–H and O–H groups in total. The summed E-state index contributed by atoms with van der Waals surface area (Å²) < 4.78 is 0. The fourth-order valence-corrected chi connectivity index (χ4v) is 3.15. The van der Waals surface area contributed by atoms with Gasteiger partial charge in [-0.3, -0.25) is 14.5 Å². The number of carbonyl (C=O) groups excluding carboxylic acids is 2. The Morgan fingerprint density at radius 3 is 2.21 bits per heavy atom. The minimum Gasteiger partial charge on any atom is -0.391 e. The van der Waals surface area contributed by atoms with Gasteiger partial charge in [-0.2, -0.15) is 0 Å². The lowest BCUT2D eigenvalue weighted by Gasteiger charge is -2.36. The summed E-state index contributed by atoms with van der Waals surface area (Å²) in [5.41, 5.74) is 0.914. The molecule has 0 aromatic heterocycles. The van der Waals surface area contributed by atoms with Gasteiger partial charge >= 0.3 is 0 Å². The van der Waals surface area contributed by atoms with Crippen molar-refractivity contribution in [2.45, 2.75) is 38.3 Å². The molecule has 0 radical (unpaired) electrons. The minimum absolute atomic E-state index is 0.265. The molecule has 2 unspecified atom stereocenters. The van der Waals surface area contributed by atoms with E-state index >= 15 is 0 Å². The number of hydrogen-bond acceptors (Lipinski definition) is 3. The Balaban J connectivity index is 1.92. The topological polar surface area (TPSA) is 57.6 Å². The molecule has 1 aliphatic heterocycles. The van der Waals surface area contributed by atoms with Crippen LogP contribution < -0.4 is 0 Å². The second-order valence-corrected chi connectivity index (χ2v) is 5.58. The van der Waals surface area contributed by atoms with Crippen LogP contribution in [0.1, 0.15) is 46.9 Å². The molecule has 100 valence electrons. The molecule has 1 aliphatic carbocycles. The average molecular weight is 259 g/mol. The Bertz CT molecular complexity index is 505. The second-order valence-electron chi connectivity index (χ2n) is 5.58. The van der Waals surface area contributed by atoms with Crippen LogP contribution in [0.4, 0.5) is 0 Å². The Morgan fingerprint density at radius 1 is 1.11 bits per heavy atom. The van der Waals surface area contributed by atoms with Crippen molar-refractivity contribution in [2.24, 2.45) is 5.92 Å². The van der Waals surface area contributed by atoms with Crippen molar-refractivity contribution in [2.75, 3.05) is 0 Å². The Hall–Kier alpha value is -1.68. The maximum Gasteiger partial charge on any atom is 0.261 e. The van der Waals surface area contributed by atoms with E-state index in [0.29, 0.717) is 29.9 Å². The van der Waals surface area contributed by atoms with Crippen molar-refractivity contribution >= 4 is 11.8 Å². The zero-order valence-corrected chi connectivity index (χ0v) is 10.9. The van der Waals surface area contributed by atoms with Gasteiger partial charge in [0.15, 0.2) is 0 Å². The molecule has 3 rings (SSSR count). The Labute approximate surface area is 112 Å². The summed E-state index contributed by atoms with van der Waals surface area (Å²) >= 11 is 0. The highest BCUT2D eigenvalue weighted by Gasteiger charge is 2.43. The first kappa shape index (κ1) is 12.4. The molecule has 4 nitrogen and oxygen atoms in total. The van der Waals surface area contributed by atoms with E-state index in [1.54, 1.807) is 24.3 Å².